The summed E-state index contributed by atoms with van der Waals surface area (Å²) in [6, 6.07) is 14.1. The number of carbonyl (C=O) groups excluding carboxylic acids is 5. The first-order valence-corrected chi connectivity index (χ1v) is 19.3. The summed E-state index contributed by atoms with van der Waals surface area (Å²) in [5.41, 5.74) is -8.30. The number of hydrogen-bond acceptors (Lipinski definition) is 14. The molecule has 15 nitrogen and oxygen atoms in total. The van der Waals surface area contributed by atoms with Gasteiger partial charge in [0.15, 0.2) is 17.4 Å². The molecule has 2 saturated carbocycles. The van der Waals surface area contributed by atoms with Gasteiger partial charge in [-0.2, -0.15) is 0 Å². The fourth-order valence-electron chi connectivity index (χ4n) is 9.53. The zero-order valence-electron chi connectivity index (χ0n) is 33.9. The number of ketones is 1. The Balaban J connectivity index is 1.52. The summed E-state index contributed by atoms with van der Waals surface area (Å²) in [7, 11) is 0. The van der Waals surface area contributed by atoms with Crippen molar-refractivity contribution in [3.8, 4) is 0 Å². The van der Waals surface area contributed by atoms with Gasteiger partial charge < -0.3 is 49.4 Å². The molecule has 4 aliphatic rings. The Bertz CT molecular complexity index is 1980. The molecule has 0 spiro atoms. The largest absolute Gasteiger partial charge is 0.456 e. The summed E-state index contributed by atoms with van der Waals surface area (Å²) < 4.78 is 29.6. The number of aliphatic hydroxyl groups excluding tert-OH is 3. The van der Waals surface area contributed by atoms with Crippen LogP contribution in [0.5, 0.6) is 0 Å². The van der Waals surface area contributed by atoms with E-state index >= 15 is 0 Å². The van der Waals surface area contributed by atoms with Crippen molar-refractivity contribution in [3.63, 3.8) is 0 Å². The van der Waals surface area contributed by atoms with Gasteiger partial charge in [-0.1, -0.05) is 62.4 Å². The van der Waals surface area contributed by atoms with Gasteiger partial charge in [0.2, 0.25) is 0 Å². The molecule has 0 aromatic heterocycles. The molecule has 2 aromatic carbocycles. The third-order valence-electron chi connectivity index (χ3n) is 12.6. The predicted octanol–water partition coefficient (Wildman–Crippen LogP) is 3.26. The minimum atomic E-state index is -2.36. The van der Waals surface area contributed by atoms with E-state index in [-0.39, 0.29) is 35.3 Å². The van der Waals surface area contributed by atoms with E-state index in [1.54, 1.807) is 83.1 Å². The van der Waals surface area contributed by atoms with E-state index in [0.717, 1.165) is 6.92 Å². The Morgan fingerprint density at radius 2 is 1.55 bits per heavy atom. The van der Waals surface area contributed by atoms with E-state index in [9.17, 15) is 44.4 Å². The summed E-state index contributed by atoms with van der Waals surface area (Å²) in [6.07, 6.45) is -11.2. The van der Waals surface area contributed by atoms with Crippen LogP contribution in [0, 0.1) is 16.7 Å². The van der Waals surface area contributed by atoms with Crippen LogP contribution in [0.25, 0.3) is 0 Å². The van der Waals surface area contributed by atoms with E-state index in [2.05, 4.69) is 5.32 Å². The van der Waals surface area contributed by atoms with Crippen LogP contribution in [0.15, 0.2) is 71.8 Å². The molecule has 2 aromatic rings. The van der Waals surface area contributed by atoms with Crippen molar-refractivity contribution in [2.45, 2.75) is 128 Å². The van der Waals surface area contributed by atoms with Crippen LogP contribution in [0.4, 0.5) is 4.79 Å². The molecule has 3 fully saturated rings. The molecular weight excluding hydrogens is 754 g/mol. The molecule has 2 bridgehead atoms. The van der Waals surface area contributed by atoms with Gasteiger partial charge >= 0.3 is 24.0 Å². The van der Waals surface area contributed by atoms with Crippen molar-refractivity contribution in [2.24, 2.45) is 16.7 Å². The molecule has 1 heterocycles. The van der Waals surface area contributed by atoms with Crippen LogP contribution in [-0.4, -0.2) is 110 Å². The number of fused-ring (bicyclic) bond motifs is 5. The van der Waals surface area contributed by atoms with Gasteiger partial charge in [0, 0.05) is 25.2 Å². The predicted molar refractivity (Wildman–Crippen MR) is 204 cm³/mol. The average molecular weight is 808 g/mol. The van der Waals surface area contributed by atoms with Crippen LogP contribution in [0.2, 0.25) is 0 Å². The quantitative estimate of drug-likeness (QED) is 0.147. The number of aliphatic hydroxyl groups is 4. The van der Waals surface area contributed by atoms with Crippen LogP contribution in [0.1, 0.15) is 90.3 Å². The van der Waals surface area contributed by atoms with Crippen LogP contribution in [-0.2, 0) is 38.1 Å². The van der Waals surface area contributed by atoms with Crippen molar-refractivity contribution in [3.05, 3.63) is 82.9 Å². The second-order valence-corrected chi connectivity index (χ2v) is 17.6. The van der Waals surface area contributed by atoms with Crippen molar-refractivity contribution >= 4 is 29.8 Å². The molecular formula is C43H53NO14. The molecule has 1 aliphatic heterocycles. The van der Waals surface area contributed by atoms with Crippen molar-refractivity contribution in [2.75, 3.05) is 6.61 Å². The number of benzene rings is 2. The number of carbonyl (C=O) groups is 5. The molecule has 58 heavy (non-hydrogen) atoms. The zero-order valence-corrected chi connectivity index (χ0v) is 33.9. The highest BCUT2D eigenvalue weighted by Crippen LogP contribution is 2.64. The van der Waals surface area contributed by atoms with E-state index in [0.29, 0.717) is 0 Å². The summed E-state index contributed by atoms with van der Waals surface area (Å²) in [5.74, 6) is -5.29. The molecule has 5 N–H and O–H groups in total. The van der Waals surface area contributed by atoms with Gasteiger partial charge in [-0.15, -0.1) is 0 Å². The topological polar surface area (TPSA) is 224 Å². The summed E-state index contributed by atoms with van der Waals surface area (Å²) in [5, 5.41) is 51.4. The van der Waals surface area contributed by atoms with Crippen LogP contribution >= 0.6 is 0 Å². The Kier molecular flexibility index (Phi) is 11.2. The SMILES string of the molecule is CC(=O)O[C@@]12CO[C@@H]1C[C@H](O)[C@@]1(C)C(=O)[C@H](O)C3=C(C)[C@@H](OC(=O)[C@H](NC(=O)OC(C)(C)C)[C@@H](O)c4ccccc4)C[C@@](O)([C@@H](OC(=O)c4ccccc4)[C@H]21)C3(C)C. The fourth-order valence-corrected chi connectivity index (χ4v) is 9.53. The van der Waals surface area contributed by atoms with E-state index < -0.39 is 112 Å². The molecule has 1 amide bonds. The Hall–Kier alpha value is -4.67. The van der Waals surface area contributed by atoms with Crippen molar-refractivity contribution in [1.29, 1.82) is 0 Å². The van der Waals surface area contributed by atoms with Gasteiger partial charge in [-0.3, -0.25) is 9.59 Å². The third kappa shape index (κ3) is 7.10. The molecule has 0 unspecified atom stereocenters. The number of rotatable bonds is 8. The number of amides is 1. The van der Waals surface area contributed by atoms with Gasteiger partial charge in [0.25, 0.3) is 0 Å². The summed E-state index contributed by atoms with van der Waals surface area (Å²) in [6.45, 7) is 11.7. The highest BCUT2D eigenvalue weighted by atomic mass is 16.6. The normalized spacial score (nSPS) is 33.7. The standard InChI is InChI=1S/C43H53NO14/c1-22-26(55-37(51)30(44-38(52)58-39(3,4)5)31(47)24-15-11-9-12-16-24)20-43(53)35(56-36(50)25-17-13-10-14-18-25)33-41(8,34(49)32(48)29(22)40(43,6)7)27(46)19-28-42(33,21-54-28)57-23(2)45/h9-18,26-28,30-33,35,46-48,53H,19-21H2,1-8H3,(H,44,52)/t26-,27-,28+,30+,31-,32+,33-,35-,41+,42-,43+/m0/s1. The number of alkyl carbamates (subject to hydrolysis) is 1. The van der Waals surface area contributed by atoms with Crippen molar-refractivity contribution < 1.29 is 68.1 Å². The Morgan fingerprint density at radius 1 is 0.948 bits per heavy atom. The average Bonchev–Trinajstić information content (AvgIpc) is 3.14. The maximum Gasteiger partial charge on any atom is 0.408 e. The maximum atomic E-state index is 15.0. The van der Waals surface area contributed by atoms with Crippen molar-refractivity contribution in [1.82, 2.24) is 5.32 Å². The van der Waals surface area contributed by atoms with Gasteiger partial charge in [0.1, 0.15) is 41.7 Å². The number of esters is 3. The number of hydrogen-bond donors (Lipinski definition) is 5. The molecule has 3 aliphatic carbocycles. The first-order chi connectivity index (χ1) is 27.0. The molecule has 314 valence electrons. The van der Waals surface area contributed by atoms with Gasteiger partial charge in [-0.05, 0) is 63.5 Å². The highest BCUT2D eigenvalue weighted by molar-refractivity contribution is 5.94. The number of ether oxygens (including phenoxy) is 5. The number of Topliss-reactive ketones (excluding diaryl/α,β-unsaturated/α-hetero) is 1. The van der Waals surface area contributed by atoms with Crippen LogP contribution in [0.3, 0.4) is 0 Å². The molecule has 6 rings (SSSR count). The second-order valence-electron chi connectivity index (χ2n) is 17.6. The Morgan fingerprint density at radius 3 is 2.10 bits per heavy atom. The number of nitrogens with one attached hydrogen (secondary N) is 1. The van der Waals surface area contributed by atoms with Gasteiger partial charge in [0.05, 0.1) is 29.6 Å². The lowest BCUT2D eigenvalue weighted by Crippen LogP contribution is -2.81. The van der Waals surface area contributed by atoms with E-state index in [1.807, 2.05) is 0 Å². The lowest BCUT2D eigenvalue weighted by atomic mass is 9.44. The lowest BCUT2D eigenvalue weighted by Gasteiger charge is -2.67. The molecule has 1 saturated heterocycles. The third-order valence-corrected chi connectivity index (χ3v) is 12.6. The molecule has 11 atom stereocenters. The van der Waals surface area contributed by atoms with Gasteiger partial charge in [-0.25, -0.2) is 14.4 Å². The molecule has 0 radical (unpaired) electrons. The van der Waals surface area contributed by atoms with Crippen LogP contribution < -0.4 is 5.32 Å². The maximum absolute atomic E-state index is 15.0. The first-order valence-electron chi connectivity index (χ1n) is 19.3. The van der Waals surface area contributed by atoms with E-state index in [1.165, 1.54) is 26.0 Å². The minimum absolute atomic E-state index is 0.0644. The lowest BCUT2D eigenvalue weighted by molar-refractivity contribution is -0.346. The monoisotopic (exact) mass is 807 g/mol. The molecule has 15 heteroatoms. The second kappa shape index (κ2) is 15.2. The zero-order chi connectivity index (χ0) is 42.7. The van der Waals surface area contributed by atoms with E-state index in [4.69, 9.17) is 23.7 Å². The fraction of sp³-hybridized carbons (Fsp3) is 0.558. The smallest absolute Gasteiger partial charge is 0.408 e. The summed E-state index contributed by atoms with van der Waals surface area (Å²) in [4.78, 5) is 69.4. The summed E-state index contributed by atoms with van der Waals surface area (Å²) >= 11 is 0. The minimum Gasteiger partial charge on any atom is -0.456 e. The first kappa shape index (κ1) is 42.9. The Labute approximate surface area is 336 Å². The highest BCUT2D eigenvalue weighted by Gasteiger charge is 2.78.